The molecule has 1 unspecified atom stereocenters. The Morgan fingerprint density at radius 1 is 1.21 bits per heavy atom. The number of hydrogen-bond acceptors (Lipinski definition) is 4. The van der Waals surface area contributed by atoms with E-state index in [-0.39, 0.29) is 6.04 Å². The molecule has 0 fully saturated rings. The molecule has 0 aliphatic rings. The van der Waals surface area contributed by atoms with Crippen molar-refractivity contribution in [2.24, 2.45) is 5.84 Å². The minimum atomic E-state index is 0.179. The second-order valence-electron chi connectivity index (χ2n) is 5.01. The fourth-order valence-corrected chi connectivity index (χ4v) is 2.02. The summed E-state index contributed by atoms with van der Waals surface area (Å²) in [4.78, 5) is 4.02. The molecule has 3 N–H and O–H groups in total. The summed E-state index contributed by atoms with van der Waals surface area (Å²) in [5.74, 6) is 5.63. The SMILES string of the molecule is CC(C)n1ccc(CC(Cc2ccncc2)NN)n1. The summed E-state index contributed by atoms with van der Waals surface area (Å²) in [6.07, 6.45) is 7.30. The third kappa shape index (κ3) is 3.87. The van der Waals surface area contributed by atoms with Crippen LogP contribution in [0.3, 0.4) is 0 Å². The normalized spacial score (nSPS) is 12.8. The first-order valence-corrected chi connectivity index (χ1v) is 6.58. The van der Waals surface area contributed by atoms with E-state index in [0.29, 0.717) is 6.04 Å². The van der Waals surface area contributed by atoms with Crippen LogP contribution in [0.5, 0.6) is 0 Å². The van der Waals surface area contributed by atoms with Gasteiger partial charge in [0.1, 0.15) is 0 Å². The van der Waals surface area contributed by atoms with Gasteiger partial charge in [0.05, 0.1) is 5.69 Å². The van der Waals surface area contributed by atoms with Crippen LogP contribution in [0.15, 0.2) is 36.8 Å². The molecule has 102 valence electrons. The summed E-state index contributed by atoms with van der Waals surface area (Å²) >= 11 is 0. The maximum atomic E-state index is 5.63. The summed E-state index contributed by atoms with van der Waals surface area (Å²) in [5.41, 5.74) is 5.15. The zero-order valence-electron chi connectivity index (χ0n) is 11.5. The van der Waals surface area contributed by atoms with Crippen molar-refractivity contribution in [3.63, 3.8) is 0 Å². The van der Waals surface area contributed by atoms with Gasteiger partial charge in [-0.15, -0.1) is 0 Å². The molecular weight excluding hydrogens is 238 g/mol. The van der Waals surface area contributed by atoms with E-state index in [1.54, 1.807) is 12.4 Å². The monoisotopic (exact) mass is 259 g/mol. The zero-order chi connectivity index (χ0) is 13.7. The molecule has 0 bridgehead atoms. The van der Waals surface area contributed by atoms with Crippen LogP contribution in [0.2, 0.25) is 0 Å². The highest BCUT2D eigenvalue weighted by Crippen LogP contribution is 2.09. The van der Waals surface area contributed by atoms with Crippen LogP contribution in [0.1, 0.15) is 31.1 Å². The van der Waals surface area contributed by atoms with Crippen LogP contribution >= 0.6 is 0 Å². The van der Waals surface area contributed by atoms with Crippen molar-refractivity contribution >= 4 is 0 Å². The zero-order valence-corrected chi connectivity index (χ0v) is 11.5. The summed E-state index contributed by atoms with van der Waals surface area (Å²) < 4.78 is 1.97. The predicted octanol–water partition coefficient (Wildman–Crippen LogP) is 1.48. The average Bonchev–Trinajstić information content (AvgIpc) is 2.88. The van der Waals surface area contributed by atoms with E-state index in [0.717, 1.165) is 18.5 Å². The van der Waals surface area contributed by atoms with E-state index in [9.17, 15) is 0 Å². The van der Waals surface area contributed by atoms with Gasteiger partial charge in [-0.1, -0.05) is 0 Å². The quantitative estimate of drug-likeness (QED) is 0.609. The maximum Gasteiger partial charge on any atom is 0.0640 e. The van der Waals surface area contributed by atoms with E-state index < -0.39 is 0 Å². The van der Waals surface area contributed by atoms with Crippen molar-refractivity contribution in [3.05, 3.63) is 48.0 Å². The van der Waals surface area contributed by atoms with Gasteiger partial charge in [0, 0.05) is 37.1 Å². The fraction of sp³-hybridized carbons (Fsp3) is 0.429. The van der Waals surface area contributed by atoms with E-state index in [4.69, 9.17) is 5.84 Å². The number of hydrazine groups is 1. The van der Waals surface area contributed by atoms with E-state index in [1.165, 1.54) is 5.56 Å². The van der Waals surface area contributed by atoms with Gasteiger partial charge < -0.3 is 0 Å². The van der Waals surface area contributed by atoms with Crippen LogP contribution in [-0.2, 0) is 12.8 Å². The Morgan fingerprint density at radius 2 is 1.95 bits per heavy atom. The van der Waals surface area contributed by atoms with Crippen LogP contribution in [-0.4, -0.2) is 20.8 Å². The van der Waals surface area contributed by atoms with Crippen LogP contribution in [0, 0.1) is 0 Å². The van der Waals surface area contributed by atoms with Crippen molar-refractivity contribution in [3.8, 4) is 0 Å². The minimum absolute atomic E-state index is 0.179. The molecule has 0 aromatic carbocycles. The Balaban J connectivity index is 1.98. The van der Waals surface area contributed by atoms with Crippen molar-refractivity contribution < 1.29 is 0 Å². The first-order valence-electron chi connectivity index (χ1n) is 6.58. The van der Waals surface area contributed by atoms with Gasteiger partial charge in [-0.05, 0) is 44.0 Å². The molecule has 0 spiro atoms. The Morgan fingerprint density at radius 3 is 2.53 bits per heavy atom. The number of nitrogens with zero attached hydrogens (tertiary/aromatic N) is 3. The molecule has 0 saturated heterocycles. The largest absolute Gasteiger partial charge is 0.271 e. The summed E-state index contributed by atoms with van der Waals surface area (Å²) in [6.45, 7) is 4.23. The third-order valence-corrected chi connectivity index (χ3v) is 3.12. The van der Waals surface area contributed by atoms with Gasteiger partial charge in [-0.25, -0.2) is 0 Å². The Bertz CT molecular complexity index is 492. The fourth-order valence-electron chi connectivity index (χ4n) is 2.02. The van der Waals surface area contributed by atoms with Crippen molar-refractivity contribution in [2.45, 2.75) is 38.8 Å². The molecule has 0 radical (unpaired) electrons. The van der Waals surface area contributed by atoms with E-state index in [2.05, 4.69) is 35.4 Å². The molecule has 2 rings (SSSR count). The van der Waals surface area contributed by atoms with Gasteiger partial charge in [0.2, 0.25) is 0 Å². The topological polar surface area (TPSA) is 68.8 Å². The molecule has 2 aromatic rings. The molecule has 0 saturated carbocycles. The van der Waals surface area contributed by atoms with Gasteiger partial charge in [0.15, 0.2) is 0 Å². The summed E-state index contributed by atoms with van der Waals surface area (Å²) in [6, 6.07) is 6.64. The van der Waals surface area contributed by atoms with Gasteiger partial charge in [-0.2, -0.15) is 5.10 Å². The molecule has 0 aliphatic heterocycles. The Labute approximate surface area is 113 Å². The molecule has 1 atom stereocenters. The molecule has 2 aromatic heterocycles. The van der Waals surface area contributed by atoms with Crippen LogP contribution < -0.4 is 11.3 Å². The van der Waals surface area contributed by atoms with Gasteiger partial charge in [0.25, 0.3) is 0 Å². The number of nitrogens with two attached hydrogens (primary N) is 1. The van der Waals surface area contributed by atoms with Crippen LogP contribution in [0.4, 0.5) is 0 Å². The minimum Gasteiger partial charge on any atom is -0.271 e. The standard InChI is InChI=1S/C14H21N5/c1-11(2)19-8-5-13(18-19)10-14(17-15)9-12-3-6-16-7-4-12/h3-8,11,14,17H,9-10,15H2,1-2H3. The highest BCUT2D eigenvalue weighted by Gasteiger charge is 2.11. The molecule has 19 heavy (non-hydrogen) atoms. The van der Waals surface area contributed by atoms with Gasteiger partial charge >= 0.3 is 0 Å². The second kappa shape index (κ2) is 6.45. The van der Waals surface area contributed by atoms with Crippen molar-refractivity contribution in [2.75, 3.05) is 0 Å². The number of pyridine rings is 1. The molecule has 5 nitrogen and oxygen atoms in total. The number of rotatable bonds is 6. The van der Waals surface area contributed by atoms with E-state index >= 15 is 0 Å². The highest BCUT2D eigenvalue weighted by atomic mass is 15.3. The van der Waals surface area contributed by atoms with Gasteiger partial charge in [-0.3, -0.25) is 20.9 Å². The smallest absolute Gasteiger partial charge is 0.0640 e. The lowest BCUT2D eigenvalue weighted by atomic mass is 10.0. The lowest BCUT2D eigenvalue weighted by Gasteiger charge is -2.14. The maximum absolute atomic E-state index is 5.63. The first-order chi connectivity index (χ1) is 9.19. The summed E-state index contributed by atoms with van der Waals surface area (Å²) in [5, 5.41) is 4.55. The lowest BCUT2D eigenvalue weighted by molar-refractivity contribution is 0.495. The Hall–Kier alpha value is -1.72. The average molecular weight is 259 g/mol. The van der Waals surface area contributed by atoms with E-state index in [1.807, 2.05) is 23.0 Å². The molecule has 5 heteroatoms. The van der Waals surface area contributed by atoms with Crippen molar-refractivity contribution in [1.29, 1.82) is 0 Å². The Kier molecular flexibility index (Phi) is 4.65. The predicted molar refractivity (Wildman–Crippen MR) is 75.4 cm³/mol. The molecular formula is C14H21N5. The lowest BCUT2D eigenvalue weighted by Crippen LogP contribution is -2.38. The molecule has 0 amide bonds. The van der Waals surface area contributed by atoms with Crippen molar-refractivity contribution in [1.82, 2.24) is 20.2 Å². The van der Waals surface area contributed by atoms with Crippen LogP contribution in [0.25, 0.3) is 0 Å². The summed E-state index contributed by atoms with van der Waals surface area (Å²) in [7, 11) is 0. The number of aromatic nitrogens is 3. The third-order valence-electron chi connectivity index (χ3n) is 3.12. The number of hydrogen-bond donors (Lipinski definition) is 2. The first kappa shape index (κ1) is 13.7. The molecule has 2 heterocycles. The highest BCUT2D eigenvalue weighted by molar-refractivity contribution is 5.13. The number of nitrogens with one attached hydrogen (secondary N) is 1. The second-order valence-corrected chi connectivity index (χ2v) is 5.01. The molecule has 0 aliphatic carbocycles.